The quantitative estimate of drug-likeness (QED) is 0.461. The monoisotopic (exact) mass is 475 g/mol. The third-order valence-corrected chi connectivity index (χ3v) is 4.05. The van der Waals surface area contributed by atoms with Gasteiger partial charge in [0, 0.05) is 17.8 Å². The zero-order valence-corrected chi connectivity index (χ0v) is 15.9. The molecule has 0 fully saturated rings. The minimum Gasteiger partial charge on any atom is -0.487 e. The Morgan fingerprint density at radius 2 is 1.88 bits per heavy atom. The van der Waals surface area contributed by atoms with Crippen LogP contribution in [0.15, 0.2) is 40.5 Å². The van der Waals surface area contributed by atoms with Gasteiger partial charge >= 0.3 is 6.18 Å². The van der Waals surface area contributed by atoms with E-state index in [1.807, 2.05) is 0 Å². The van der Waals surface area contributed by atoms with Crippen LogP contribution in [-0.4, -0.2) is 11.6 Å². The molecule has 0 aliphatic rings. The van der Waals surface area contributed by atoms with Gasteiger partial charge in [0.15, 0.2) is 5.75 Å². The van der Waals surface area contributed by atoms with Gasteiger partial charge in [-0.2, -0.15) is 13.2 Å². The molecule has 134 valence electrons. The molecule has 0 bridgehead atoms. The molecule has 1 aromatic heterocycles. The lowest BCUT2D eigenvalue weighted by Crippen LogP contribution is -2.05. The van der Waals surface area contributed by atoms with Crippen molar-refractivity contribution in [2.24, 2.45) is 0 Å². The number of hydrogen-bond acceptors (Lipinski definition) is 3. The number of halogens is 7. The van der Waals surface area contributed by atoms with Gasteiger partial charge in [0.2, 0.25) is 5.88 Å². The van der Waals surface area contributed by atoms with E-state index >= 15 is 0 Å². The lowest BCUT2D eigenvalue weighted by molar-refractivity contribution is -0.137. The Morgan fingerprint density at radius 3 is 2.44 bits per heavy atom. The number of hydrogen-bond donors (Lipinski definition) is 0. The van der Waals surface area contributed by atoms with Crippen LogP contribution in [0.2, 0.25) is 10.0 Å². The van der Waals surface area contributed by atoms with E-state index in [9.17, 15) is 13.2 Å². The van der Waals surface area contributed by atoms with Crippen LogP contribution in [0.3, 0.4) is 0 Å². The predicted octanol–water partition coefficient (Wildman–Crippen LogP) is 7.09. The Hall–Kier alpha value is -1.15. The van der Waals surface area contributed by atoms with Gasteiger partial charge in [-0.1, -0.05) is 34.8 Å². The fraction of sp³-hybridized carbons (Fsp3) is 0.133. The van der Waals surface area contributed by atoms with Crippen molar-refractivity contribution in [3.63, 3.8) is 0 Å². The lowest BCUT2D eigenvalue weighted by atomic mass is 10.3. The lowest BCUT2D eigenvalue weighted by Gasteiger charge is -2.13. The second-order valence-electron chi connectivity index (χ2n) is 4.50. The maximum Gasteiger partial charge on any atom is 0.417 e. The number of aromatic nitrogens is 1. The molecule has 0 N–H and O–H groups in total. The van der Waals surface area contributed by atoms with Gasteiger partial charge in [-0.05, 0) is 34.1 Å². The van der Waals surface area contributed by atoms with E-state index in [4.69, 9.17) is 44.3 Å². The van der Waals surface area contributed by atoms with Crippen molar-refractivity contribution in [1.82, 2.24) is 4.98 Å². The van der Waals surface area contributed by atoms with Crippen LogP contribution in [0.5, 0.6) is 17.4 Å². The summed E-state index contributed by atoms with van der Waals surface area (Å²) in [6.45, 7) is 0.203. The Morgan fingerprint density at radius 1 is 1.16 bits per heavy atom. The molecule has 0 aliphatic heterocycles. The van der Waals surface area contributed by atoms with Gasteiger partial charge in [-0.3, -0.25) is 0 Å². The van der Waals surface area contributed by atoms with E-state index in [0.29, 0.717) is 16.4 Å². The summed E-state index contributed by atoms with van der Waals surface area (Å²) in [7, 11) is 0. The average Bonchev–Trinajstić information content (AvgIpc) is 2.51. The fourth-order valence-corrected chi connectivity index (χ4v) is 2.88. The number of ether oxygens (including phenoxy) is 2. The highest BCUT2D eigenvalue weighted by Gasteiger charge is 2.31. The largest absolute Gasteiger partial charge is 0.487 e. The minimum atomic E-state index is -4.54. The molecule has 0 aliphatic carbocycles. The van der Waals surface area contributed by atoms with Crippen LogP contribution >= 0.6 is 50.7 Å². The molecule has 0 unspecified atom stereocenters. The third kappa shape index (κ3) is 5.41. The van der Waals surface area contributed by atoms with Crippen molar-refractivity contribution >= 4 is 50.7 Å². The molecule has 3 nitrogen and oxygen atoms in total. The van der Waals surface area contributed by atoms with Crippen molar-refractivity contribution in [2.45, 2.75) is 6.18 Å². The second kappa shape index (κ2) is 8.49. The van der Waals surface area contributed by atoms with Crippen molar-refractivity contribution in [3.8, 4) is 17.4 Å². The highest BCUT2D eigenvalue weighted by molar-refractivity contribution is 9.10. The Balaban J connectivity index is 2.23. The second-order valence-corrected chi connectivity index (χ2v) is 6.42. The highest BCUT2D eigenvalue weighted by atomic mass is 79.9. The van der Waals surface area contributed by atoms with Gasteiger partial charge < -0.3 is 9.47 Å². The van der Waals surface area contributed by atoms with Gasteiger partial charge in [-0.25, -0.2) is 4.98 Å². The summed E-state index contributed by atoms with van der Waals surface area (Å²) in [6.07, 6.45) is -2.34. The first-order chi connectivity index (χ1) is 11.7. The van der Waals surface area contributed by atoms with Crippen molar-refractivity contribution in [2.75, 3.05) is 6.61 Å². The summed E-state index contributed by atoms with van der Waals surface area (Å²) in [5, 5.41) is -0.0648. The Kier molecular flexibility index (Phi) is 6.85. The van der Waals surface area contributed by atoms with Crippen LogP contribution in [0, 0.1) is 0 Å². The average molecular weight is 477 g/mol. The number of benzene rings is 1. The first-order valence-electron chi connectivity index (χ1n) is 6.50. The molecule has 2 rings (SSSR count). The smallest absolute Gasteiger partial charge is 0.417 e. The molecule has 2 aromatic rings. The Bertz CT molecular complexity index is 777. The normalized spacial score (nSPS) is 11.8. The highest BCUT2D eigenvalue weighted by Crippen LogP contribution is 2.40. The number of pyridine rings is 1. The van der Waals surface area contributed by atoms with Crippen molar-refractivity contribution in [1.29, 1.82) is 0 Å². The van der Waals surface area contributed by atoms with E-state index in [1.165, 1.54) is 17.7 Å². The first kappa shape index (κ1) is 20.2. The standard InChI is InChI=1S/C15H8BrCl3F3NO2/c16-10-5-9(6-11(18)13(10)24-3-1-2-17)25-14-12(19)4-8(7-23-14)15(20,21)22/h1-2,4-7H,3H2/b2-1+. The van der Waals surface area contributed by atoms with Crippen LogP contribution in [0.1, 0.15) is 5.56 Å². The third-order valence-electron chi connectivity index (χ3n) is 2.73. The van der Waals surface area contributed by atoms with E-state index < -0.39 is 11.7 Å². The first-order valence-corrected chi connectivity index (χ1v) is 8.48. The summed E-state index contributed by atoms with van der Waals surface area (Å²) in [5.41, 5.74) is 0.331. The van der Waals surface area contributed by atoms with Crippen LogP contribution in [-0.2, 0) is 6.18 Å². The molecule has 0 saturated heterocycles. The van der Waals surface area contributed by atoms with Gasteiger partial charge in [0.05, 0.1) is 15.1 Å². The maximum absolute atomic E-state index is 12.6. The van der Waals surface area contributed by atoms with Gasteiger partial charge in [0.25, 0.3) is 0 Å². The van der Waals surface area contributed by atoms with E-state index in [0.717, 1.165) is 6.07 Å². The predicted molar refractivity (Wildman–Crippen MR) is 94.0 cm³/mol. The summed E-state index contributed by atoms with van der Waals surface area (Å²) >= 11 is 20.6. The number of rotatable bonds is 5. The molecular weight excluding hydrogens is 469 g/mol. The maximum atomic E-state index is 12.6. The SMILES string of the molecule is FC(F)(F)c1cnc(Oc2cc(Cl)c(OC/C=C/Cl)c(Br)c2)c(Cl)c1. The molecule has 0 radical (unpaired) electrons. The number of alkyl halides is 3. The summed E-state index contributed by atoms with van der Waals surface area (Å²) in [6, 6.07) is 3.67. The van der Waals surface area contributed by atoms with E-state index in [-0.39, 0.29) is 28.3 Å². The Labute approximate surface area is 164 Å². The summed E-state index contributed by atoms with van der Waals surface area (Å²) < 4.78 is 49.1. The summed E-state index contributed by atoms with van der Waals surface area (Å²) in [4.78, 5) is 3.59. The van der Waals surface area contributed by atoms with Crippen LogP contribution in [0.25, 0.3) is 0 Å². The zero-order chi connectivity index (χ0) is 18.6. The molecule has 1 heterocycles. The topological polar surface area (TPSA) is 31.4 Å². The van der Waals surface area contributed by atoms with E-state index in [2.05, 4.69) is 20.9 Å². The molecule has 0 atom stereocenters. The molecule has 0 spiro atoms. The zero-order valence-electron chi connectivity index (χ0n) is 12.1. The van der Waals surface area contributed by atoms with Gasteiger partial charge in [-0.15, -0.1) is 0 Å². The van der Waals surface area contributed by atoms with E-state index in [1.54, 1.807) is 6.08 Å². The summed E-state index contributed by atoms with van der Waals surface area (Å²) in [5.74, 6) is 0.387. The molecular formula is C15H8BrCl3F3NO2. The molecule has 0 amide bonds. The molecule has 1 aromatic carbocycles. The fourth-order valence-electron chi connectivity index (χ4n) is 1.67. The van der Waals surface area contributed by atoms with Crippen LogP contribution < -0.4 is 9.47 Å². The molecule has 10 heteroatoms. The molecule has 25 heavy (non-hydrogen) atoms. The van der Waals surface area contributed by atoms with Crippen molar-refractivity contribution < 1.29 is 22.6 Å². The number of nitrogens with zero attached hydrogens (tertiary/aromatic N) is 1. The van der Waals surface area contributed by atoms with Crippen molar-refractivity contribution in [3.05, 3.63) is 56.1 Å². The molecule has 0 saturated carbocycles. The van der Waals surface area contributed by atoms with Gasteiger partial charge in [0.1, 0.15) is 17.4 Å². The minimum absolute atomic E-state index is 0.184. The van der Waals surface area contributed by atoms with Crippen LogP contribution in [0.4, 0.5) is 13.2 Å².